The van der Waals surface area contributed by atoms with E-state index in [1.807, 2.05) is 24.1 Å². The van der Waals surface area contributed by atoms with Crippen molar-refractivity contribution in [1.29, 1.82) is 0 Å². The highest BCUT2D eigenvalue weighted by atomic mass is 15.3. The summed E-state index contributed by atoms with van der Waals surface area (Å²) < 4.78 is 1.93. The van der Waals surface area contributed by atoms with Gasteiger partial charge in [-0.15, -0.1) is 0 Å². The smallest absolute Gasteiger partial charge is 0.0492 e. The number of aromatic amines is 1. The lowest BCUT2D eigenvalue weighted by Gasteiger charge is -2.06. The molecule has 0 fully saturated rings. The van der Waals surface area contributed by atoms with E-state index in [-0.39, 0.29) is 0 Å². The first-order valence-corrected chi connectivity index (χ1v) is 6.57. The van der Waals surface area contributed by atoms with E-state index in [2.05, 4.69) is 45.7 Å². The van der Waals surface area contributed by atoms with Gasteiger partial charge in [-0.05, 0) is 23.8 Å². The lowest BCUT2D eigenvalue weighted by Crippen LogP contribution is -2.18. The fourth-order valence-corrected chi connectivity index (χ4v) is 2.39. The zero-order chi connectivity index (χ0) is 13.1. The van der Waals surface area contributed by atoms with Crippen molar-refractivity contribution in [3.05, 3.63) is 54.0 Å². The van der Waals surface area contributed by atoms with Crippen molar-refractivity contribution in [1.82, 2.24) is 20.1 Å². The van der Waals surface area contributed by atoms with Gasteiger partial charge < -0.3 is 10.3 Å². The fourth-order valence-electron chi connectivity index (χ4n) is 2.39. The minimum Gasteiger partial charge on any atom is -0.361 e. The predicted octanol–water partition coefficient (Wildman–Crippen LogP) is 2.23. The molecule has 2 heterocycles. The van der Waals surface area contributed by atoms with Gasteiger partial charge in [0.05, 0.1) is 0 Å². The Hall–Kier alpha value is -2.07. The molecular weight excluding hydrogens is 236 g/mol. The second-order valence-corrected chi connectivity index (χ2v) is 4.73. The molecule has 0 radical (unpaired) electrons. The fraction of sp³-hybridized carbons (Fsp3) is 0.267. The Kier molecular flexibility index (Phi) is 3.33. The Morgan fingerprint density at radius 2 is 2.21 bits per heavy atom. The standard InChI is InChI=1S/C15H18N4/c1-19-13(6-10-18-19)5-8-16-11-12-3-2-4-15-14(12)7-9-17-15/h2-4,6-7,9-10,16-17H,5,8,11H2,1H3. The Bertz CT molecular complexity index is 665. The Morgan fingerprint density at radius 3 is 3.05 bits per heavy atom. The van der Waals surface area contributed by atoms with Crippen LogP contribution in [0.3, 0.4) is 0 Å². The molecule has 3 aromatic rings. The number of benzene rings is 1. The van der Waals surface area contributed by atoms with Gasteiger partial charge in [0.15, 0.2) is 0 Å². The second-order valence-electron chi connectivity index (χ2n) is 4.73. The second kappa shape index (κ2) is 5.28. The zero-order valence-electron chi connectivity index (χ0n) is 11.1. The van der Waals surface area contributed by atoms with Crippen molar-refractivity contribution in [3.8, 4) is 0 Å². The van der Waals surface area contributed by atoms with Crippen molar-refractivity contribution in [2.24, 2.45) is 7.05 Å². The molecule has 3 rings (SSSR count). The van der Waals surface area contributed by atoms with Crippen LogP contribution in [-0.2, 0) is 20.0 Å². The summed E-state index contributed by atoms with van der Waals surface area (Å²) in [5.74, 6) is 0. The van der Waals surface area contributed by atoms with Crippen LogP contribution in [-0.4, -0.2) is 21.3 Å². The highest BCUT2D eigenvalue weighted by Crippen LogP contribution is 2.16. The molecule has 0 aliphatic carbocycles. The summed E-state index contributed by atoms with van der Waals surface area (Å²) >= 11 is 0. The Balaban J connectivity index is 1.58. The number of aromatic nitrogens is 3. The van der Waals surface area contributed by atoms with Gasteiger partial charge in [0, 0.05) is 55.5 Å². The number of aryl methyl sites for hydroxylation is 1. The van der Waals surface area contributed by atoms with Crippen LogP contribution in [0.4, 0.5) is 0 Å². The van der Waals surface area contributed by atoms with Crippen molar-refractivity contribution in [3.63, 3.8) is 0 Å². The zero-order valence-corrected chi connectivity index (χ0v) is 11.1. The molecule has 0 saturated heterocycles. The number of H-pyrrole nitrogens is 1. The van der Waals surface area contributed by atoms with Crippen LogP contribution >= 0.6 is 0 Å². The van der Waals surface area contributed by atoms with Crippen LogP contribution in [0.1, 0.15) is 11.3 Å². The molecule has 0 unspecified atom stereocenters. The summed E-state index contributed by atoms with van der Waals surface area (Å²) in [5, 5.41) is 8.97. The van der Waals surface area contributed by atoms with Gasteiger partial charge in [-0.2, -0.15) is 5.10 Å². The summed E-state index contributed by atoms with van der Waals surface area (Å²) in [7, 11) is 1.98. The monoisotopic (exact) mass is 254 g/mol. The molecule has 0 spiro atoms. The first-order valence-electron chi connectivity index (χ1n) is 6.57. The third-order valence-electron chi connectivity index (χ3n) is 3.48. The van der Waals surface area contributed by atoms with Gasteiger partial charge in [-0.25, -0.2) is 0 Å². The largest absolute Gasteiger partial charge is 0.361 e. The number of hydrogen-bond acceptors (Lipinski definition) is 2. The van der Waals surface area contributed by atoms with Crippen molar-refractivity contribution >= 4 is 10.9 Å². The maximum atomic E-state index is 4.17. The minimum atomic E-state index is 0.896. The van der Waals surface area contributed by atoms with Gasteiger partial charge >= 0.3 is 0 Å². The van der Waals surface area contributed by atoms with E-state index in [4.69, 9.17) is 0 Å². The molecular formula is C15H18N4. The minimum absolute atomic E-state index is 0.896. The van der Waals surface area contributed by atoms with E-state index >= 15 is 0 Å². The number of nitrogens with zero attached hydrogens (tertiary/aromatic N) is 2. The third-order valence-corrected chi connectivity index (χ3v) is 3.48. The third kappa shape index (κ3) is 2.53. The average Bonchev–Trinajstić information content (AvgIpc) is 3.04. The molecule has 1 aromatic carbocycles. The summed E-state index contributed by atoms with van der Waals surface area (Å²) in [5.41, 5.74) is 3.79. The maximum absolute atomic E-state index is 4.17. The van der Waals surface area contributed by atoms with E-state index < -0.39 is 0 Å². The van der Waals surface area contributed by atoms with Gasteiger partial charge in [-0.3, -0.25) is 4.68 Å². The molecule has 0 aliphatic heterocycles. The van der Waals surface area contributed by atoms with Gasteiger partial charge in [-0.1, -0.05) is 12.1 Å². The summed E-state index contributed by atoms with van der Waals surface area (Å²) in [6.45, 7) is 1.85. The quantitative estimate of drug-likeness (QED) is 0.686. The van der Waals surface area contributed by atoms with Crippen molar-refractivity contribution in [2.75, 3.05) is 6.54 Å². The highest BCUT2D eigenvalue weighted by Gasteiger charge is 2.02. The molecule has 0 bridgehead atoms. The van der Waals surface area contributed by atoms with E-state index in [0.717, 1.165) is 19.5 Å². The van der Waals surface area contributed by atoms with Crippen LogP contribution in [0.15, 0.2) is 42.7 Å². The molecule has 0 amide bonds. The van der Waals surface area contributed by atoms with Crippen LogP contribution < -0.4 is 5.32 Å². The lowest BCUT2D eigenvalue weighted by atomic mass is 10.1. The Labute approximate surface area is 112 Å². The molecule has 98 valence electrons. The molecule has 19 heavy (non-hydrogen) atoms. The van der Waals surface area contributed by atoms with Crippen molar-refractivity contribution in [2.45, 2.75) is 13.0 Å². The number of fused-ring (bicyclic) bond motifs is 1. The van der Waals surface area contributed by atoms with Gasteiger partial charge in [0.1, 0.15) is 0 Å². The van der Waals surface area contributed by atoms with Gasteiger partial charge in [0.25, 0.3) is 0 Å². The van der Waals surface area contributed by atoms with Gasteiger partial charge in [0.2, 0.25) is 0 Å². The molecule has 2 N–H and O–H groups in total. The molecule has 0 saturated carbocycles. The summed E-state index contributed by atoms with van der Waals surface area (Å²) in [6.07, 6.45) is 4.83. The first kappa shape index (κ1) is 12.0. The molecule has 2 aromatic heterocycles. The SMILES string of the molecule is Cn1nccc1CCNCc1cccc2[nH]ccc12. The number of nitrogens with one attached hydrogen (secondary N) is 2. The molecule has 0 atom stereocenters. The topological polar surface area (TPSA) is 45.6 Å². The average molecular weight is 254 g/mol. The highest BCUT2D eigenvalue weighted by molar-refractivity contribution is 5.82. The summed E-state index contributed by atoms with van der Waals surface area (Å²) in [4.78, 5) is 3.24. The van der Waals surface area contributed by atoms with Crippen LogP contribution in [0.2, 0.25) is 0 Å². The van der Waals surface area contributed by atoms with Crippen LogP contribution in [0.25, 0.3) is 10.9 Å². The van der Waals surface area contributed by atoms with E-state index in [1.165, 1.54) is 22.2 Å². The lowest BCUT2D eigenvalue weighted by molar-refractivity contribution is 0.644. The van der Waals surface area contributed by atoms with E-state index in [1.54, 1.807) is 0 Å². The normalized spacial score (nSPS) is 11.2. The first-order chi connectivity index (χ1) is 9.34. The number of rotatable bonds is 5. The van der Waals surface area contributed by atoms with Crippen molar-refractivity contribution < 1.29 is 0 Å². The number of hydrogen-bond donors (Lipinski definition) is 2. The van der Waals surface area contributed by atoms with Crippen LogP contribution in [0, 0.1) is 0 Å². The van der Waals surface area contributed by atoms with E-state index in [9.17, 15) is 0 Å². The van der Waals surface area contributed by atoms with Crippen LogP contribution in [0.5, 0.6) is 0 Å². The van der Waals surface area contributed by atoms with E-state index in [0.29, 0.717) is 0 Å². The molecule has 4 nitrogen and oxygen atoms in total. The maximum Gasteiger partial charge on any atom is 0.0492 e. The predicted molar refractivity (Wildman–Crippen MR) is 76.9 cm³/mol. The Morgan fingerprint density at radius 1 is 1.26 bits per heavy atom. The molecule has 4 heteroatoms. The molecule has 0 aliphatic rings. The summed E-state index contributed by atoms with van der Waals surface area (Å²) in [6, 6.07) is 10.6.